The first-order valence-corrected chi connectivity index (χ1v) is 8.79. The fraction of sp³-hybridized carbons (Fsp3) is 0.833. The molecule has 1 atom stereocenters. The molecule has 0 bridgehead atoms. The van der Waals surface area contributed by atoms with Gasteiger partial charge in [-0.3, -0.25) is 0 Å². The van der Waals surface area contributed by atoms with Gasteiger partial charge in [-0.05, 0) is 40.7 Å². The van der Waals surface area contributed by atoms with Crippen molar-refractivity contribution in [1.82, 2.24) is 10.2 Å². The van der Waals surface area contributed by atoms with E-state index >= 15 is 0 Å². The number of carbonyl (C=O) groups excluding carboxylic acids is 1. The fourth-order valence-electron chi connectivity index (χ4n) is 2.37. The van der Waals surface area contributed by atoms with Gasteiger partial charge in [0.2, 0.25) is 0 Å². The summed E-state index contributed by atoms with van der Waals surface area (Å²) in [6, 6.07) is 0.0650. The Labute approximate surface area is 146 Å². The molecule has 0 amide bonds. The van der Waals surface area contributed by atoms with Crippen molar-refractivity contribution in [2.75, 3.05) is 33.4 Å². The van der Waals surface area contributed by atoms with Crippen LogP contribution in [-0.2, 0) is 19.3 Å². The molecule has 6 nitrogen and oxygen atoms in total. The van der Waals surface area contributed by atoms with E-state index in [-0.39, 0.29) is 17.6 Å². The Morgan fingerprint density at radius 3 is 2.54 bits per heavy atom. The van der Waals surface area contributed by atoms with Crippen LogP contribution < -0.4 is 5.32 Å². The maximum atomic E-state index is 12.2. The van der Waals surface area contributed by atoms with Gasteiger partial charge in [-0.2, -0.15) is 0 Å². The number of hydrogen-bond donors (Lipinski definition) is 1. The Bertz CT molecular complexity index is 441. The Morgan fingerprint density at radius 1 is 1.33 bits per heavy atom. The second-order valence-corrected chi connectivity index (χ2v) is 7.64. The SMILES string of the molecule is CCOC(=O)C1=C(N[C@@H](COOC(C)(C)C)C(C)C)CCN(C)C1. The quantitative estimate of drug-likeness (QED) is 0.415. The highest BCUT2D eigenvalue weighted by atomic mass is 17.2. The van der Waals surface area contributed by atoms with Gasteiger partial charge in [0, 0.05) is 25.2 Å². The van der Waals surface area contributed by atoms with E-state index in [1.165, 1.54) is 0 Å². The minimum Gasteiger partial charge on any atom is -0.463 e. The van der Waals surface area contributed by atoms with Gasteiger partial charge in [0.15, 0.2) is 0 Å². The summed E-state index contributed by atoms with van der Waals surface area (Å²) >= 11 is 0. The Kier molecular flexibility index (Phi) is 8.19. The summed E-state index contributed by atoms with van der Waals surface area (Å²) in [6.07, 6.45) is 0.800. The summed E-state index contributed by atoms with van der Waals surface area (Å²) in [7, 11) is 2.01. The molecule has 0 fully saturated rings. The maximum Gasteiger partial charge on any atom is 0.337 e. The van der Waals surface area contributed by atoms with Crippen LogP contribution in [0.5, 0.6) is 0 Å². The van der Waals surface area contributed by atoms with E-state index in [0.29, 0.717) is 31.2 Å². The van der Waals surface area contributed by atoms with E-state index in [2.05, 4.69) is 24.1 Å². The third-order valence-corrected chi connectivity index (χ3v) is 3.78. The third kappa shape index (κ3) is 7.20. The van der Waals surface area contributed by atoms with E-state index in [1.54, 1.807) is 0 Å². The van der Waals surface area contributed by atoms with Gasteiger partial charge < -0.3 is 15.0 Å². The first-order valence-electron chi connectivity index (χ1n) is 8.79. The van der Waals surface area contributed by atoms with E-state index < -0.39 is 0 Å². The summed E-state index contributed by atoms with van der Waals surface area (Å²) in [6.45, 7) is 14.2. The predicted molar refractivity (Wildman–Crippen MR) is 94.3 cm³/mol. The number of likely N-dealkylation sites (N-methyl/N-ethyl adjacent to an activating group) is 1. The van der Waals surface area contributed by atoms with Gasteiger partial charge in [0.1, 0.15) is 6.61 Å². The van der Waals surface area contributed by atoms with Crippen LogP contribution in [-0.4, -0.2) is 55.9 Å². The van der Waals surface area contributed by atoms with Crippen LogP contribution in [0.4, 0.5) is 0 Å². The summed E-state index contributed by atoms with van der Waals surface area (Å²) in [4.78, 5) is 25.2. The van der Waals surface area contributed by atoms with Crippen molar-refractivity contribution >= 4 is 5.97 Å². The molecule has 0 saturated heterocycles. The Morgan fingerprint density at radius 2 is 2.00 bits per heavy atom. The smallest absolute Gasteiger partial charge is 0.337 e. The lowest BCUT2D eigenvalue weighted by Gasteiger charge is -2.31. The molecule has 0 aromatic carbocycles. The van der Waals surface area contributed by atoms with Gasteiger partial charge in [0.05, 0.1) is 23.8 Å². The van der Waals surface area contributed by atoms with E-state index in [4.69, 9.17) is 14.5 Å². The zero-order valence-electron chi connectivity index (χ0n) is 16.3. The summed E-state index contributed by atoms with van der Waals surface area (Å²) in [5, 5.41) is 3.50. The molecular formula is C18H34N2O4. The molecule has 6 heteroatoms. The van der Waals surface area contributed by atoms with E-state index in [9.17, 15) is 4.79 Å². The number of nitrogens with zero attached hydrogens (tertiary/aromatic N) is 1. The van der Waals surface area contributed by atoms with Crippen molar-refractivity contribution in [2.24, 2.45) is 5.92 Å². The van der Waals surface area contributed by atoms with Crippen molar-refractivity contribution < 1.29 is 19.3 Å². The monoisotopic (exact) mass is 342 g/mol. The molecule has 140 valence electrons. The molecular weight excluding hydrogens is 308 g/mol. The normalized spacial score (nSPS) is 18.0. The molecule has 0 spiro atoms. The van der Waals surface area contributed by atoms with Gasteiger partial charge in [-0.25, -0.2) is 14.6 Å². The zero-order valence-corrected chi connectivity index (χ0v) is 16.3. The number of hydrogen-bond acceptors (Lipinski definition) is 6. The summed E-state index contributed by atoms with van der Waals surface area (Å²) in [5.41, 5.74) is 1.34. The second kappa shape index (κ2) is 9.39. The molecule has 1 rings (SSSR count). The second-order valence-electron chi connectivity index (χ2n) is 7.64. The highest BCUT2D eigenvalue weighted by molar-refractivity contribution is 5.90. The molecule has 1 heterocycles. The van der Waals surface area contributed by atoms with Crippen LogP contribution in [0.15, 0.2) is 11.3 Å². The highest BCUT2D eigenvalue weighted by Gasteiger charge is 2.26. The number of carbonyl (C=O) groups is 1. The first kappa shape index (κ1) is 20.9. The number of ether oxygens (including phenoxy) is 1. The van der Waals surface area contributed by atoms with Crippen molar-refractivity contribution in [1.29, 1.82) is 0 Å². The van der Waals surface area contributed by atoms with Crippen molar-refractivity contribution in [3.05, 3.63) is 11.3 Å². The van der Waals surface area contributed by atoms with Crippen LogP contribution in [0.3, 0.4) is 0 Å². The van der Waals surface area contributed by atoms with Gasteiger partial charge >= 0.3 is 5.97 Å². The molecule has 1 aliphatic rings. The van der Waals surface area contributed by atoms with Crippen molar-refractivity contribution in [2.45, 2.75) is 59.6 Å². The summed E-state index contributed by atoms with van der Waals surface area (Å²) in [5.74, 6) is 0.102. The number of rotatable bonds is 8. The lowest BCUT2D eigenvalue weighted by molar-refractivity contribution is -0.351. The first-order chi connectivity index (χ1) is 11.1. The summed E-state index contributed by atoms with van der Waals surface area (Å²) < 4.78 is 5.21. The molecule has 0 aromatic rings. The molecule has 0 radical (unpaired) electrons. The van der Waals surface area contributed by atoms with Crippen LogP contribution in [0.2, 0.25) is 0 Å². The van der Waals surface area contributed by atoms with E-state index in [0.717, 1.165) is 18.7 Å². The zero-order chi connectivity index (χ0) is 18.3. The number of esters is 1. The van der Waals surface area contributed by atoms with E-state index in [1.807, 2.05) is 34.7 Å². The fourth-order valence-corrected chi connectivity index (χ4v) is 2.37. The molecule has 0 aliphatic carbocycles. The van der Waals surface area contributed by atoms with Gasteiger partial charge in [0.25, 0.3) is 0 Å². The average molecular weight is 342 g/mol. The predicted octanol–water partition coefficient (Wildman–Crippen LogP) is 2.50. The lowest BCUT2D eigenvalue weighted by atomic mass is 10.0. The highest BCUT2D eigenvalue weighted by Crippen LogP contribution is 2.19. The number of nitrogens with one attached hydrogen (secondary N) is 1. The minimum absolute atomic E-state index is 0.0650. The van der Waals surface area contributed by atoms with Gasteiger partial charge in [-0.15, -0.1) is 0 Å². The molecule has 24 heavy (non-hydrogen) atoms. The lowest BCUT2D eigenvalue weighted by Crippen LogP contribution is -2.43. The topological polar surface area (TPSA) is 60.0 Å². The largest absolute Gasteiger partial charge is 0.463 e. The molecule has 0 unspecified atom stereocenters. The minimum atomic E-state index is -0.343. The van der Waals surface area contributed by atoms with Gasteiger partial charge in [-0.1, -0.05) is 13.8 Å². The van der Waals surface area contributed by atoms with Crippen LogP contribution in [0.25, 0.3) is 0 Å². The van der Waals surface area contributed by atoms with Crippen molar-refractivity contribution in [3.63, 3.8) is 0 Å². The molecule has 0 saturated carbocycles. The Hall–Kier alpha value is -1.11. The maximum absolute atomic E-state index is 12.2. The average Bonchev–Trinajstić information content (AvgIpc) is 2.46. The van der Waals surface area contributed by atoms with Crippen molar-refractivity contribution in [3.8, 4) is 0 Å². The molecule has 1 N–H and O–H groups in total. The Balaban J connectivity index is 2.80. The molecule has 1 aliphatic heterocycles. The third-order valence-electron chi connectivity index (χ3n) is 3.78. The standard InChI is InChI=1S/C18H34N2O4/c1-8-22-17(21)14-11-20(7)10-9-15(14)19-16(13(2)3)12-23-24-18(4,5)6/h13,16,19H,8-12H2,1-7H3/t16-/m0/s1. The van der Waals surface area contributed by atoms with Crippen LogP contribution >= 0.6 is 0 Å². The van der Waals surface area contributed by atoms with Crippen LogP contribution in [0.1, 0.15) is 48.0 Å². The van der Waals surface area contributed by atoms with Crippen LogP contribution in [0, 0.1) is 5.92 Å². The molecule has 0 aromatic heterocycles.